The molecule has 0 spiro atoms. The van der Waals surface area contributed by atoms with Crippen molar-refractivity contribution in [3.8, 4) is 0 Å². The molecule has 0 radical (unpaired) electrons. The Balaban J connectivity index is 2.55. The number of rotatable bonds is 3. The van der Waals surface area contributed by atoms with Gasteiger partial charge in [-0.3, -0.25) is 4.90 Å². The van der Waals surface area contributed by atoms with Crippen LogP contribution in [0.4, 0.5) is 0 Å². The molecule has 82 valence electrons. The van der Waals surface area contributed by atoms with Crippen LogP contribution in [0.15, 0.2) is 11.6 Å². The Morgan fingerprint density at radius 3 is 2.71 bits per heavy atom. The van der Waals surface area contributed by atoms with Crippen molar-refractivity contribution < 1.29 is 0 Å². The number of nitrogens with zero attached hydrogens (tertiary/aromatic N) is 1. The third-order valence-electron chi connectivity index (χ3n) is 3.18. The number of likely N-dealkylation sites (tertiary alicyclic amines) is 1. The highest BCUT2D eigenvalue weighted by Crippen LogP contribution is 2.21. The van der Waals surface area contributed by atoms with Crippen molar-refractivity contribution in [3.63, 3.8) is 0 Å². The van der Waals surface area contributed by atoms with Gasteiger partial charge in [-0.15, -0.1) is 0 Å². The first-order valence-corrected chi connectivity index (χ1v) is 5.74. The van der Waals surface area contributed by atoms with Crippen LogP contribution >= 0.6 is 0 Å². The molecule has 2 heteroatoms. The number of allylic oxidation sites excluding steroid dienone is 1. The molecule has 0 amide bonds. The number of hydrogen-bond acceptors (Lipinski definition) is 2. The van der Waals surface area contributed by atoms with E-state index in [0.717, 1.165) is 13.1 Å². The van der Waals surface area contributed by atoms with Crippen LogP contribution in [-0.4, -0.2) is 30.1 Å². The van der Waals surface area contributed by atoms with Gasteiger partial charge in [0.1, 0.15) is 0 Å². The fraction of sp³-hybridized carbons (Fsp3) is 0.833. The average Bonchev–Trinajstić information content (AvgIpc) is 2.15. The topological polar surface area (TPSA) is 29.3 Å². The minimum atomic E-state index is 0.606. The van der Waals surface area contributed by atoms with Gasteiger partial charge < -0.3 is 5.73 Å². The monoisotopic (exact) mass is 196 g/mol. The van der Waals surface area contributed by atoms with E-state index in [1.807, 2.05) is 0 Å². The average molecular weight is 196 g/mol. The molecule has 0 saturated carbocycles. The smallest absolute Gasteiger partial charge is 0.0224 e. The van der Waals surface area contributed by atoms with Crippen molar-refractivity contribution in [2.24, 2.45) is 5.73 Å². The number of piperidine rings is 1. The van der Waals surface area contributed by atoms with Crippen molar-refractivity contribution in [2.75, 3.05) is 13.1 Å². The van der Waals surface area contributed by atoms with Crippen LogP contribution in [0, 0.1) is 0 Å². The minimum Gasteiger partial charge on any atom is -0.329 e. The Morgan fingerprint density at radius 1 is 1.43 bits per heavy atom. The molecule has 0 aromatic rings. The van der Waals surface area contributed by atoms with Crippen molar-refractivity contribution >= 4 is 0 Å². The lowest BCUT2D eigenvalue weighted by Gasteiger charge is -2.39. The van der Waals surface area contributed by atoms with Crippen LogP contribution in [-0.2, 0) is 0 Å². The van der Waals surface area contributed by atoms with E-state index in [0.29, 0.717) is 12.1 Å². The molecule has 0 aliphatic carbocycles. The molecular weight excluding hydrogens is 172 g/mol. The van der Waals surface area contributed by atoms with E-state index in [4.69, 9.17) is 5.73 Å². The van der Waals surface area contributed by atoms with E-state index in [-0.39, 0.29) is 0 Å². The van der Waals surface area contributed by atoms with E-state index in [1.165, 1.54) is 24.8 Å². The standard InChI is InChI=1S/C12H24N2/c1-10(2)7-8-14-11(3)5-4-6-12(14)9-13/h7,11-12H,4-6,8-9,13H2,1-3H3. The van der Waals surface area contributed by atoms with Crippen molar-refractivity contribution in [1.82, 2.24) is 4.90 Å². The Kier molecular flexibility index (Phi) is 4.63. The van der Waals surface area contributed by atoms with E-state index in [1.54, 1.807) is 0 Å². The highest BCUT2D eigenvalue weighted by atomic mass is 15.2. The molecule has 0 aromatic heterocycles. The lowest BCUT2D eigenvalue weighted by Crippen LogP contribution is -2.48. The van der Waals surface area contributed by atoms with Gasteiger partial charge in [0, 0.05) is 25.2 Å². The van der Waals surface area contributed by atoms with Gasteiger partial charge in [0.2, 0.25) is 0 Å². The quantitative estimate of drug-likeness (QED) is 0.701. The molecule has 1 aliphatic rings. The third kappa shape index (κ3) is 3.10. The van der Waals surface area contributed by atoms with E-state index >= 15 is 0 Å². The largest absolute Gasteiger partial charge is 0.329 e. The fourth-order valence-electron chi connectivity index (χ4n) is 2.21. The first kappa shape index (κ1) is 11.7. The number of nitrogens with two attached hydrogens (primary N) is 1. The first-order valence-electron chi connectivity index (χ1n) is 5.74. The second kappa shape index (κ2) is 5.52. The summed E-state index contributed by atoms with van der Waals surface area (Å²) in [5.74, 6) is 0. The Labute approximate surface area is 88.2 Å². The molecule has 1 fully saturated rings. The van der Waals surface area contributed by atoms with Crippen molar-refractivity contribution in [3.05, 3.63) is 11.6 Å². The van der Waals surface area contributed by atoms with Gasteiger partial charge in [0.25, 0.3) is 0 Å². The highest BCUT2D eigenvalue weighted by Gasteiger charge is 2.25. The van der Waals surface area contributed by atoms with Gasteiger partial charge in [-0.1, -0.05) is 18.1 Å². The van der Waals surface area contributed by atoms with Crippen LogP contribution in [0.1, 0.15) is 40.0 Å². The lowest BCUT2D eigenvalue weighted by molar-refractivity contribution is 0.112. The molecule has 1 rings (SSSR count). The molecule has 2 unspecified atom stereocenters. The van der Waals surface area contributed by atoms with E-state index < -0.39 is 0 Å². The van der Waals surface area contributed by atoms with Crippen LogP contribution in [0.2, 0.25) is 0 Å². The predicted molar refractivity (Wildman–Crippen MR) is 62.3 cm³/mol. The van der Waals surface area contributed by atoms with Crippen LogP contribution in [0.5, 0.6) is 0 Å². The van der Waals surface area contributed by atoms with Crippen LogP contribution < -0.4 is 5.73 Å². The summed E-state index contributed by atoms with van der Waals surface area (Å²) in [6.45, 7) is 8.52. The maximum atomic E-state index is 5.80. The molecule has 0 aromatic carbocycles. The molecule has 14 heavy (non-hydrogen) atoms. The summed E-state index contributed by atoms with van der Waals surface area (Å²) in [5.41, 5.74) is 7.20. The molecule has 0 bridgehead atoms. The summed E-state index contributed by atoms with van der Waals surface area (Å²) >= 11 is 0. The maximum Gasteiger partial charge on any atom is 0.0224 e. The van der Waals surface area contributed by atoms with Crippen molar-refractivity contribution in [2.45, 2.75) is 52.1 Å². The van der Waals surface area contributed by atoms with Gasteiger partial charge in [-0.05, 0) is 33.6 Å². The Bertz CT molecular complexity index is 194. The molecule has 2 atom stereocenters. The lowest BCUT2D eigenvalue weighted by atomic mass is 9.96. The van der Waals surface area contributed by atoms with Crippen LogP contribution in [0.25, 0.3) is 0 Å². The van der Waals surface area contributed by atoms with Gasteiger partial charge in [-0.25, -0.2) is 0 Å². The molecule has 1 heterocycles. The second-order valence-corrected chi connectivity index (χ2v) is 4.65. The summed E-state index contributed by atoms with van der Waals surface area (Å²) in [7, 11) is 0. The molecule has 1 saturated heterocycles. The van der Waals surface area contributed by atoms with Gasteiger partial charge in [0.05, 0.1) is 0 Å². The Hall–Kier alpha value is -0.340. The zero-order valence-corrected chi connectivity index (χ0v) is 9.79. The third-order valence-corrected chi connectivity index (χ3v) is 3.18. The normalized spacial score (nSPS) is 28.9. The SMILES string of the molecule is CC(C)=CCN1C(C)CCCC1CN. The summed E-state index contributed by atoms with van der Waals surface area (Å²) in [5, 5.41) is 0. The van der Waals surface area contributed by atoms with Gasteiger partial charge >= 0.3 is 0 Å². The van der Waals surface area contributed by atoms with Gasteiger partial charge in [0.15, 0.2) is 0 Å². The molecule has 1 aliphatic heterocycles. The highest BCUT2D eigenvalue weighted by molar-refractivity contribution is 4.97. The fourth-order valence-corrected chi connectivity index (χ4v) is 2.21. The molecule has 2 nitrogen and oxygen atoms in total. The second-order valence-electron chi connectivity index (χ2n) is 4.65. The van der Waals surface area contributed by atoms with E-state index in [2.05, 4.69) is 31.7 Å². The number of hydrogen-bond donors (Lipinski definition) is 1. The maximum absolute atomic E-state index is 5.80. The predicted octanol–water partition coefficient (Wildman–Crippen LogP) is 2.15. The summed E-state index contributed by atoms with van der Waals surface area (Å²) < 4.78 is 0. The molecular formula is C12H24N2. The van der Waals surface area contributed by atoms with Crippen LogP contribution in [0.3, 0.4) is 0 Å². The summed E-state index contributed by atoms with van der Waals surface area (Å²) in [6.07, 6.45) is 6.25. The minimum absolute atomic E-state index is 0.606. The van der Waals surface area contributed by atoms with Crippen molar-refractivity contribution in [1.29, 1.82) is 0 Å². The summed E-state index contributed by atoms with van der Waals surface area (Å²) in [6, 6.07) is 1.31. The zero-order valence-electron chi connectivity index (χ0n) is 9.79. The summed E-state index contributed by atoms with van der Waals surface area (Å²) in [4.78, 5) is 2.55. The van der Waals surface area contributed by atoms with E-state index in [9.17, 15) is 0 Å². The first-order chi connectivity index (χ1) is 6.65. The Morgan fingerprint density at radius 2 is 2.14 bits per heavy atom. The zero-order chi connectivity index (χ0) is 10.6. The van der Waals surface area contributed by atoms with Gasteiger partial charge in [-0.2, -0.15) is 0 Å². The molecule has 2 N–H and O–H groups in total.